The maximum Gasteiger partial charge on any atom is 0.272 e. The summed E-state index contributed by atoms with van der Waals surface area (Å²) in [5, 5.41) is 13.1. The second-order valence-electron chi connectivity index (χ2n) is 4.30. The van der Waals surface area contributed by atoms with Crippen LogP contribution in [0.4, 0.5) is 15.8 Å². The minimum Gasteiger partial charge on any atom is -0.371 e. The zero-order chi connectivity index (χ0) is 14.9. The number of amides is 2. The number of anilines is 1. The van der Waals surface area contributed by atoms with Gasteiger partial charge in [-0.05, 0) is 13.0 Å². The average molecular weight is 281 g/mol. The number of carbonyl (C=O) groups excluding carboxylic acids is 2. The van der Waals surface area contributed by atoms with Gasteiger partial charge in [0.25, 0.3) is 11.6 Å². The molecule has 8 heteroatoms. The largest absolute Gasteiger partial charge is 0.371 e. The summed E-state index contributed by atoms with van der Waals surface area (Å²) >= 11 is 0. The van der Waals surface area contributed by atoms with Gasteiger partial charge in [-0.15, -0.1) is 0 Å². The molecule has 0 saturated carbocycles. The van der Waals surface area contributed by atoms with E-state index in [1.165, 1.54) is 6.07 Å². The first-order valence-electron chi connectivity index (χ1n) is 5.98. The van der Waals surface area contributed by atoms with Crippen LogP contribution < -0.4 is 5.32 Å². The van der Waals surface area contributed by atoms with Gasteiger partial charge in [0.1, 0.15) is 6.04 Å². The van der Waals surface area contributed by atoms with E-state index in [9.17, 15) is 24.1 Å². The monoisotopic (exact) mass is 281 g/mol. The summed E-state index contributed by atoms with van der Waals surface area (Å²) < 4.78 is 13.7. The van der Waals surface area contributed by atoms with Crippen LogP contribution in [0.2, 0.25) is 0 Å². The van der Waals surface area contributed by atoms with Gasteiger partial charge < -0.3 is 5.32 Å². The molecule has 1 unspecified atom stereocenters. The first-order valence-corrected chi connectivity index (χ1v) is 5.98. The van der Waals surface area contributed by atoms with Crippen LogP contribution in [0.15, 0.2) is 18.2 Å². The lowest BCUT2D eigenvalue weighted by Gasteiger charge is -2.14. The Labute approximate surface area is 113 Å². The molecule has 0 spiro atoms. The molecule has 1 heterocycles. The molecule has 0 aliphatic carbocycles. The minimum absolute atomic E-state index is 0.0419. The molecule has 1 saturated heterocycles. The fourth-order valence-corrected chi connectivity index (χ4v) is 2.05. The van der Waals surface area contributed by atoms with Crippen LogP contribution in [-0.4, -0.2) is 34.2 Å². The van der Waals surface area contributed by atoms with E-state index in [1.54, 1.807) is 6.92 Å². The van der Waals surface area contributed by atoms with Crippen molar-refractivity contribution in [2.45, 2.75) is 19.4 Å². The molecule has 1 aliphatic rings. The smallest absolute Gasteiger partial charge is 0.272 e. The molecule has 1 aliphatic heterocycles. The van der Waals surface area contributed by atoms with Crippen molar-refractivity contribution in [1.29, 1.82) is 0 Å². The SMILES string of the molecule is CCN1C(=O)CC(Nc2ccc([N+](=O)[O-])cc2F)C1=O. The first kappa shape index (κ1) is 13.9. The highest BCUT2D eigenvalue weighted by molar-refractivity contribution is 6.06. The van der Waals surface area contributed by atoms with Crippen LogP contribution in [0.1, 0.15) is 13.3 Å². The Morgan fingerprint density at radius 2 is 2.20 bits per heavy atom. The molecule has 1 atom stereocenters. The molecule has 7 nitrogen and oxygen atoms in total. The normalized spacial score (nSPS) is 18.5. The molecule has 1 N–H and O–H groups in total. The van der Waals surface area contributed by atoms with Gasteiger partial charge in [-0.3, -0.25) is 24.6 Å². The van der Waals surface area contributed by atoms with Gasteiger partial charge in [0, 0.05) is 12.6 Å². The van der Waals surface area contributed by atoms with Crippen molar-refractivity contribution in [1.82, 2.24) is 4.90 Å². The van der Waals surface area contributed by atoms with Crippen molar-refractivity contribution in [3.63, 3.8) is 0 Å². The number of benzene rings is 1. The fourth-order valence-electron chi connectivity index (χ4n) is 2.05. The van der Waals surface area contributed by atoms with Gasteiger partial charge in [0.15, 0.2) is 5.82 Å². The first-order chi connectivity index (χ1) is 9.43. The zero-order valence-electron chi connectivity index (χ0n) is 10.6. The molecule has 1 fully saturated rings. The number of nitrogens with zero attached hydrogens (tertiary/aromatic N) is 2. The Bertz CT molecular complexity index is 590. The third-order valence-electron chi connectivity index (χ3n) is 3.05. The van der Waals surface area contributed by atoms with Gasteiger partial charge in [0.05, 0.1) is 23.1 Å². The summed E-state index contributed by atoms with van der Waals surface area (Å²) in [5.74, 6) is -1.58. The van der Waals surface area contributed by atoms with E-state index in [2.05, 4.69) is 5.32 Å². The van der Waals surface area contributed by atoms with Gasteiger partial charge in [-0.1, -0.05) is 0 Å². The standard InChI is InChI=1S/C12H12FN3O4/c1-2-15-11(17)6-10(12(15)18)14-9-4-3-7(16(19)20)5-8(9)13/h3-5,10,14H,2,6H2,1H3. The predicted molar refractivity (Wildman–Crippen MR) is 67.5 cm³/mol. The lowest BCUT2D eigenvalue weighted by molar-refractivity contribution is -0.385. The van der Waals surface area contributed by atoms with E-state index in [1.807, 2.05) is 0 Å². The van der Waals surface area contributed by atoms with Crippen LogP contribution in [0.25, 0.3) is 0 Å². The molecule has 20 heavy (non-hydrogen) atoms. The number of hydrogen-bond acceptors (Lipinski definition) is 5. The van der Waals surface area contributed by atoms with Crippen molar-refractivity contribution in [3.05, 3.63) is 34.1 Å². The average Bonchev–Trinajstić information content (AvgIpc) is 2.66. The van der Waals surface area contributed by atoms with E-state index in [0.29, 0.717) is 0 Å². The third-order valence-corrected chi connectivity index (χ3v) is 3.05. The molecule has 0 radical (unpaired) electrons. The summed E-state index contributed by atoms with van der Waals surface area (Å²) in [4.78, 5) is 34.2. The van der Waals surface area contributed by atoms with Gasteiger partial charge >= 0.3 is 0 Å². The van der Waals surface area contributed by atoms with Gasteiger partial charge in [-0.2, -0.15) is 0 Å². The van der Waals surface area contributed by atoms with Crippen molar-refractivity contribution < 1.29 is 18.9 Å². The zero-order valence-corrected chi connectivity index (χ0v) is 10.6. The number of likely N-dealkylation sites (N-methyl/N-ethyl adjacent to an activating group) is 1. The molecule has 106 valence electrons. The summed E-state index contributed by atoms with van der Waals surface area (Å²) in [7, 11) is 0. The number of rotatable bonds is 4. The molecule has 0 bridgehead atoms. The highest BCUT2D eigenvalue weighted by Crippen LogP contribution is 2.23. The van der Waals surface area contributed by atoms with Crippen molar-refractivity contribution >= 4 is 23.2 Å². The van der Waals surface area contributed by atoms with Crippen LogP contribution in [0.3, 0.4) is 0 Å². The summed E-state index contributed by atoms with van der Waals surface area (Å²) in [5.41, 5.74) is -0.420. The van der Waals surface area contributed by atoms with E-state index in [4.69, 9.17) is 0 Å². The number of non-ortho nitro benzene ring substituents is 1. The Hall–Kier alpha value is -2.51. The maximum absolute atomic E-state index is 13.7. The minimum atomic E-state index is -0.839. The van der Waals surface area contributed by atoms with E-state index in [0.717, 1.165) is 17.0 Å². The van der Waals surface area contributed by atoms with E-state index in [-0.39, 0.29) is 30.2 Å². The fraction of sp³-hybridized carbons (Fsp3) is 0.333. The maximum atomic E-state index is 13.7. The van der Waals surface area contributed by atoms with Crippen LogP contribution in [0, 0.1) is 15.9 Å². The molecular formula is C12H12FN3O4. The molecule has 2 amide bonds. The number of imide groups is 1. The number of nitrogens with one attached hydrogen (secondary N) is 1. The van der Waals surface area contributed by atoms with Crippen molar-refractivity contribution in [3.8, 4) is 0 Å². The van der Waals surface area contributed by atoms with Crippen molar-refractivity contribution in [2.75, 3.05) is 11.9 Å². The Balaban J connectivity index is 2.17. The number of nitro benzene ring substituents is 1. The van der Waals surface area contributed by atoms with Crippen LogP contribution in [0.5, 0.6) is 0 Å². The Morgan fingerprint density at radius 3 is 2.70 bits per heavy atom. The summed E-state index contributed by atoms with van der Waals surface area (Å²) in [6.45, 7) is 1.93. The lowest BCUT2D eigenvalue weighted by atomic mass is 10.2. The third kappa shape index (κ3) is 2.44. The number of nitro groups is 1. The molecule has 1 aromatic carbocycles. The Morgan fingerprint density at radius 1 is 1.50 bits per heavy atom. The Kier molecular flexibility index (Phi) is 3.64. The molecular weight excluding hydrogens is 269 g/mol. The summed E-state index contributed by atoms with van der Waals surface area (Å²) in [6.07, 6.45) is -0.0525. The second kappa shape index (κ2) is 5.24. The lowest BCUT2D eigenvalue weighted by Crippen LogP contribution is -2.34. The van der Waals surface area contributed by atoms with Crippen LogP contribution >= 0.6 is 0 Å². The van der Waals surface area contributed by atoms with Gasteiger partial charge in [-0.25, -0.2) is 4.39 Å². The number of hydrogen-bond donors (Lipinski definition) is 1. The predicted octanol–water partition coefficient (Wildman–Crippen LogP) is 1.29. The summed E-state index contributed by atoms with van der Waals surface area (Å²) in [6, 6.07) is 2.24. The van der Waals surface area contributed by atoms with Gasteiger partial charge in [0.2, 0.25) is 5.91 Å². The molecule has 1 aromatic rings. The topological polar surface area (TPSA) is 92.6 Å². The van der Waals surface area contributed by atoms with E-state index < -0.39 is 22.7 Å². The van der Waals surface area contributed by atoms with Crippen molar-refractivity contribution in [2.24, 2.45) is 0 Å². The highest BCUT2D eigenvalue weighted by atomic mass is 19.1. The number of halogens is 1. The number of likely N-dealkylation sites (tertiary alicyclic amines) is 1. The van der Waals surface area contributed by atoms with E-state index >= 15 is 0 Å². The molecule has 2 rings (SSSR count). The highest BCUT2D eigenvalue weighted by Gasteiger charge is 2.37. The molecule has 0 aromatic heterocycles. The quantitative estimate of drug-likeness (QED) is 0.510. The number of carbonyl (C=O) groups is 2. The van der Waals surface area contributed by atoms with Crippen LogP contribution in [-0.2, 0) is 9.59 Å². The second-order valence-corrected chi connectivity index (χ2v) is 4.30.